The molecule has 0 fully saturated rings. The van der Waals surface area contributed by atoms with Gasteiger partial charge >= 0.3 is 5.88 Å². The highest BCUT2D eigenvalue weighted by atomic mass is 35.5. The molecule has 0 aromatic carbocycles. The van der Waals surface area contributed by atoms with Gasteiger partial charge in [0, 0.05) is 19.2 Å². The van der Waals surface area contributed by atoms with E-state index in [0.29, 0.717) is 24.5 Å². The standard InChI is InChI=1S/C15H17ClN4O4/c1-10-15(16)11(2)19(18-10)9-3-8-17-13(21)6-4-12-5-7-14(24-12)20(22)23/h4-7H,3,8-9H2,1-2H3,(H,17,21)/b6-4+. The number of rotatable bonds is 7. The molecule has 2 aromatic rings. The molecular formula is C15H17ClN4O4. The molecule has 1 amide bonds. The summed E-state index contributed by atoms with van der Waals surface area (Å²) in [4.78, 5) is 21.5. The Hall–Kier alpha value is -2.61. The summed E-state index contributed by atoms with van der Waals surface area (Å²) < 4.78 is 6.72. The largest absolute Gasteiger partial charge is 0.433 e. The number of nitro groups is 1. The molecule has 0 saturated heterocycles. The van der Waals surface area contributed by atoms with Crippen molar-refractivity contribution >= 4 is 29.5 Å². The molecule has 2 rings (SSSR count). The first-order chi connectivity index (χ1) is 11.4. The van der Waals surface area contributed by atoms with Crippen LogP contribution in [0.4, 0.5) is 5.88 Å². The van der Waals surface area contributed by atoms with Gasteiger partial charge in [-0.2, -0.15) is 5.10 Å². The fraction of sp³-hybridized carbons (Fsp3) is 0.333. The van der Waals surface area contributed by atoms with Crippen LogP contribution in [0.1, 0.15) is 23.6 Å². The van der Waals surface area contributed by atoms with Crippen molar-refractivity contribution in [3.8, 4) is 0 Å². The van der Waals surface area contributed by atoms with Crippen molar-refractivity contribution in [3.05, 3.63) is 50.5 Å². The van der Waals surface area contributed by atoms with Crippen LogP contribution >= 0.6 is 11.6 Å². The molecule has 0 bridgehead atoms. The number of nitrogens with one attached hydrogen (secondary N) is 1. The molecule has 0 aliphatic heterocycles. The topological polar surface area (TPSA) is 103 Å². The quantitative estimate of drug-likeness (QED) is 0.357. The summed E-state index contributed by atoms with van der Waals surface area (Å²) in [5.74, 6) is -0.423. The Morgan fingerprint density at radius 3 is 2.83 bits per heavy atom. The summed E-state index contributed by atoms with van der Waals surface area (Å²) in [7, 11) is 0. The van der Waals surface area contributed by atoms with E-state index in [-0.39, 0.29) is 17.6 Å². The normalized spacial score (nSPS) is 11.1. The number of aromatic nitrogens is 2. The van der Waals surface area contributed by atoms with E-state index in [1.807, 2.05) is 18.5 Å². The summed E-state index contributed by atoms with van der Waals surface area (Å²) in [5.41, 5.74) is 1.69. The van der Waals surface area contributed by atoms with E-state index in [9.17, 15) is 14.9 Å². The van der Waals surface area contributed by atoms with Crippen molar-refractivity contribution in [2.24, 2.45) is 0 Å². The molecule has 1 N–H and O–H groups in total. The summed E-state index contributed by atoms with van der Waals surface area (Å²) in [5, 5.41) is 18.2. The Kier molecular flexibility index (Phi) is 5.75. The highest BCUT2D eigenvalue weighted by Gasteiger charge is 2.10. The molecule has 9 heteroatoms. The van der Waals surface area contributed by atoms with Crippen LogP contribution in [-0.4, -0.2) is 27.2 Å². The van der Waals surface area contributed by atoms with Gasteiger partial charge in [-0.25, -0.2) is 0 Å². The minimum absolute atomic E-state index is 0.245. The van der Waals surface area contributed by atoms with E-state index in [0.717, 1.165) is 11.4 Å². The van der Waals surface area contributed by atoms with E-state index < -0.39 is 4.92 Å². The second-order valence-corrected chi connectivity index (χ2v) is 5.50. The molecule has 0 aliphatic rings. The van der Waals surface area contributed by atoms with Gasteiger partial charge in [0.25, 0.3) is 0 Å². The van der Waals surface area contributed by atoms with Crippen molar-refractivity contribution in [1.29, 1.82) is 0 Å². The van der Waals surface area contributed by atoms with Crippen LogP contribution in [-0.2, 0) is 11.3 Å². The summed E-state index contributed by atoms with van der Waals surface area (Å²) >= 11 is 6.07. The second-order valence-electron chi connectivity index (χ2n) is 5.12. The summed E-state index contributed by atoms with van der Waals surface area (Å²) in [6.45, 7) is 4.86. The van der Waals surface area contributed by atoms with Gasteiger partial charge in [-0.15, -0.1) is 0 Å². The first kappa shape index (κ1) is 17.7. The Bertz CT molecular complexity index is 779. The summed E-state index contributed by atoms with van der Waals surface area (Å²) in [6, 6.07) is 2.66. The fourth-order valence-electron chi connectivity index (χ4n) is 2.08. The molecule has 8 nitrogen and oxygen atoms in total. The number of carbonyl (C=O) groups is 1. The van der Waals surface area contributed by atoms with Crippen LogP contribution < -0.4 is 5.32 Å². The predicted octanol–water partition coefficient (Wildman–Crippen LogP) is 2.87. The van der Waals surface area contributed by atoms with Gasteiger partial charge in [0.15, 0.2) is 0 Å². The number of furan rings is 1. The van der Waals surface area contributed by atoms with Crippen molar-refractivity contribution in [3.63, 3.8) is 0 Å². The van der Waals surface area contributed by atoms with E-state index in [1.54, 1.807) is 0 Å². The number of halogens is 1. The van der Waals surface area contributed by atoms with Crippen molar-refractivity contribution < 1.29 is 14.1 Å². The van der Waals surface area contributed by atoms with E-state index in [2.05, 4.69) is 10.4 Å². The van der Waals surface area contributed by atoms with Crippen LogP contribution in [0, 0.1) is 24.0 Å². The van der Waals surface area contributed by atoms with E-state index in [1.165, 1.54) is 24.3 Å². The van der Waals surface area contributed by atoms with Crippen molar-refractivity contribution in [2.45, 2.75) is 26.8 Å². The number of nitrogens with zero attached hydrogens (tertiary/aromatic N) is 3. The average Bonchev–Trinajstić information content (AvgIpc) is 3.11. The lowest BCUT2D eigenvalue weighted by Gasteiger charge is -2.05. The molecule has 0 unspecified atom stereocenters. The third-order valence-corrected chi connectivity index (χ3v) is 3.88. The molecule has 0 spiro atoms. The molecule has 0 aliphatic carbocycles. The van der Waals surface area contributed by atoms with Crippen LogP contribution in [0.2, 0.25) is 5.02 Å². The summed E-state index contributed by atoms with van der Waals surface area (Å²) in [6.07, 6.45) is 3.34. The fourth-order valence-corrected chi connectivity index (χ4v) is 2.22. The highest BCUT2D eigenvalue weighted by Crippen LogP contribution is 2.19. The Labute approximate surface area is 143 Å². The molecule has 128 valence electrons. The minimum Gasteiger partial charge on any atom is -0.401 e. The molecule has 0 atom stereocenters. The molecule has 2 heterocycles. The SMILES string of the molecule is Cc1nn(CCCNC(=O)/C=C/c2ccc([N+](=O)[O-])o2)c(C)c1Cl. The number of carbonyl (C=O) groups excluding carboxylic acids is 1. The molecule has 24 heavy (non-hydrogen) atoms. The highest BCUT2D eigenvalue weighted by molar-refractivity contribution is 6.31. The lowest BCUT2D eigenvalue weighted by molar-refractivity contribution is -0.402. The Morgan fingerprint density at radius 2 is 2.25 bits per heavy atom. The Morgan fingerprint density at radius 1 is 1.50 bits per heavy atom. The lowest BCUT2D eigenvalue weighted by atomic mass is 10.3. The van der Waals surface area contributed by atoms with E-state index in [4.69, 9.17) is 16.0 Å². The molecule has 2 aromatic heterocycles. The second kappa shape index (κ2) is 7.78. The zero-order valence-electron chi connectivity index (χ0n) is 13.3. The van der Waals surface area contributed by atoms with Crippen LogP contribution in [0.5, 0.6) is 0 Å². The smallest absolute Gasteiger partial charge is 0.401 e. The first-order valence-corrected chi connectivity index (χ1v) is 7.66. The number of aryl methyl sites for hydroxylation is 2. The maximum atomic E-state index is 11.7. The Balaban J connectivity index is 1.75. The molecule has 0 radical (unpaired) electrons. The molecular weight excluding hydrogens is 336 g/mol. The van der Waals surface area contributed by atoms with Gasteiger partial charge in [-0.1, -0.05) is 11.6 Å². The van der Waals surface area contributed by atoms with Crippen LogP contribution in [0.3, 0.4) is 0 Å². The lowest BCUT2D eigenvalue weighted by Crippen LogP contribution is -2.23. The maximum Gasteiger partial charge on any atom is 0.433 e. The predicted molar refractivity (Wildman–Crippen MR) is 88.7 cm³/mol. The van der Waals surface area contributed by atoms with Gasteiger partial charge < -0.3 is 9.73 Å². The van der Waals surface area contributed by atoms with Gasteiger partial charge in [-0.05, 0) is 32.4 Å². The maximum absolute atomic E-state index is 11.7. The van der Waals surface area contributed by atoms with Crippen LogP contribution in [0.15, 0.2) is 22.6 Å². The van der Waals surface area contributed by atoms with Gasteiger partial charge in [-0.3, -0.25) is 19.6 Å². The third kappa shape index (κ3) is 4.45. The van der Waals surface area contributed by atoms with Gasteiger partial charge in [0.1, 0.15) is 10.7 Å². The minimum atomic E-state index is -0.636. The van der Waals surface area contributed by atoms with Crippen molar-refractivity contribution in [1.82, 2.24) is 15.1 Å². The average molecular weight is 353 g/mol. The third-order valence-electron chi connectivity index (χ3n) is 3.33. The number of amides is 1. The zero-order valence-corrected chi connectivity index (χ0v) is 14.0. The van der Waals surface area contributed by atoms with Crippen molar-refractivity contribution in [2.75, 3.05) is 6.54 Å². The first-order valence-electron chi connectivity index (χ1n) is 7.28. The monoisotopic (exact) mass is 352 g/mol. The molecule has 0 saturated carbocycles. The number of hydrogen-bond acceptors (Lipinski definition) is 5. The number of hydrogen-bond donors (Lipinski definition) is 1. The zero-order chi connectivity index (χ0) is 17.7. The van der Waals surface area contributed by atoms with Gasteiger partial charge in [0.2, 0.25) is 5.91 Å². The van der Waals surface area contributed by atoms with Crippen LogP contribution in [0.25, 0.3) is 6.08 Å². The van der Waals surface area contributed by atoms with Gasteiger partial charge in [0.05, 0.1) is 22.5 Å². The van der Waals surface area contributed by atoms with E-state index >= 15 is 0 Å².